The molecule has 0 aromatic heterocycles. The highest BCUT2D eigenvalue weighted by Crippen LogP contribution is 2.42. The molecule has 4 atom stereocenters. The van der Waals surface area contributed by atoms with Gasteiger partial charge in [-0.15, -0.1) is 0 Å². The number of nitrogens with zero attached hydrogens (tertiary/aromatic N) is 1. The number of nitrogens with one attached hydrogen (secondary N) is 1. The molecule has 3 rings (SSSR count). The predicted octanol–water partition coefficient (Wildman–Crippen LogP) is 3.62. The molecular weight excluding hydrogens is 256 g/mol. The van der Waals surface area contributed by atoms with E-state index in [4.69, 9.17) is 0 Å². The van der Waals surface area contributed by atoms with Gasteiger partial charge in [-0.05, 0) is 43.3 Å². The minimum atomic E-state index is 0.491. The van der Waals surface area contributed by atoms with Crippen molar-refractivity contribution in [3.8, 4) is 0 Å². The number of likely N-dealkylation sites (N-methyl/N-ethyl adjacent to an activating group) is 1. The van der Waals surface area contributed by atoms with Crippen molar-refractivity contribution < 1.29 is 0 Å². The summed E-state index contributed by atoms with van der Waals surface area (Å²) >= 11 is 0. The molecule has 0 spiro atoms. The number of rotatable bonds is 7. The third-order valence-electron chi connectivity index (χ3n) is 5.37. The normalized spacial score (nSPS) is 28.4. The van der Waals surface area contributed by atoms with Crippen LogP contribution < -0.4 is 5.32 Å². The minimum Gasteiger partial charge on any atom is -0.311 e. The van der Waals surface area contributed by atoms with E-state index in [0.717, 1.165) is 31.5 Å². The third kappa shape index (κ3) is 3.07. The first-order chi connectivity index (χ1) is 10.3. The molecule has 1 fully saturated rings. The first kappa shape index (κ1) is 14.8. The van der Waals surface area contributed by atoms with E-state index in [1.54, 1.807) is 0 Å². The predicted molar refractivity (Wildman–Crippen MR) is 89.2 cm³/mol. The van der Waals surface area contributed by atoms with Crippen LogP contribution in [0.3, 0.4) is 0 Å². The molecule has 2 nitrogen and oxygen atoms in total. The van der Waals surface area contributed by atoms with Gasteiger partial charge >= 0.3 is 0 Å². The van der Waals surface area contributed by atoms with Gasteiger partial charge in [0.1, 0.15) is 0 Å². The monoisotopic (exact) mass is 284 g/mol. The third-order valence-corrected chi connectivity index (χ3v) is 5.37. The number of allylic oxidation sites excluding steroid dienone is 1. The Morgan fingerprint density at radius 3 is 2.62 bits per heavy atom. The average molecular weight is 284 g/mol. The highest BCUT2D eigenvalue weighted by molar-refractivity contribution is 5.20. The van der Waals surface area contributed by atoms with Gasteiger partial charge in [0.15, 0.2) is 0 Å². The summed E-state index contributed by atoms with van der Waals surface area (Å²) in [5, 5.41) is 3.85. The van der Waals surface area contributed by atoms with Crippen LogP contribution in [0.2, 0.25) is 0 Å². The van der Waals surface area contributed by atoms with Crippen molar-refractivity contribution in [1.29, 1.82) is 0 Å². The highest BCUT2D eigenvalue weighted by Gasteiger charge is 2.40. The molecular formula is C19H28N2. The summed E-state index contributed by atoms with van der Waals surface area (Å²) in [6, 6.07) is 12.2. The first-order valence-corrected chi connectivity index (χ1v) is 8.52. The first-order valence-electron chi connectivity index (χ1n) is 8.52. The molecule has 4 unspecified atom stereocenters. The summed E-state index contributed by atoms with van der Waals surface area (Å²) < 4.78 is 0. The molecule has 0 amide bonds. The van der Waals surface area contributed by atoms with Gasteiger partial charge in [0, 0.05) is 18.6 Å². The summed E-state index contributed by atoms with van der Waals surface area (Å²) in [5.74, 6) is 1.74. The van der Waals surface area contributed by atoms with Gasteiger partial charge in [-0.2, -0.15) is 0 Å². The second kappa shape index (κ2) is 6.76. The van der Waals surface area contributed by atoms with Crippen LogP contribution in [-0.2, 0) is 0 Å². The number of hydrogen-bond donors (Lipinski definition) is 1. The van der Waals surface area contributed by atoms with Crippen LogP contribution in [0.1, 0.15) is 38.3 Å². The maximum Gasteiger partial charge on any atom is 0.0472 e. The fourth-order valence-electron chi connectivity index (χ4n) is 4.01. The lowest BCUT2D eigenvalue weighted by Gasteiger charge is -2.42. The number of benzene rings is 1. The van der Waals surface area contributed by atoms with E-state index in [2.05, 4.69) is 66.5 Å². The summed E-state index contributed by atoms with van der Waals surface area (Å²) in [7, 11) is 0. The van der Waals surface area contributed by atoms with Crippen LogP contribution in [0.25, 0.3) is 0 Å². The summed E-state index contributed by atoms with van der Waals surface area (Å²) in [6.07, 6.45) is 7.47. The van der Waals surface area contributed by atoms with Gasteiger partial charge in [-0.1, -0.05) is 56.3 Å². The van der Waals surface area contributed by atoms with Crippen LogP contribution in [0, 0.1) is 11.8 Å². The standard InChI is InChI=1S/C19H28N2/c1-3-21(4-2)19(15-9-6-5-7-10-15)14-20-18-13-16-11-8-12-17(16)18/h5-10,12,16-20H,3-4,11,13-14H2,1-2H3. The van der Waals surface area contributed by atoms with Crippen molar-refractivity contribution in [2.24, 2.45) is 11.8 Å². The minimum absolute atomic E-state index is 0.491. The van der Waals surface area contributed by atoms with E-state index < -0.39 is 0 Å². The maximum absolute atomic E-state index is 3.85. The van der Waals surface area contributed by atoms with Gasteiger partial charge in [-0.3, -0.25) is 4.90 Å². The smallest absolute Gasteiger partial charge is 0.0472 e. The Labute approximate surface area is 129 Å². The Morgan fingerprint density at radius 2 is 1.95 bits per heavy atom. The Kier molecular flexibility index (Phi) is 4.77. The Balaban J connectivity index is 1.63. The van der Waals surface area contributed by atoms with Crippen LogP contribution in [0.4, 0.5) is 0 Å². The van der Waals surface area contributed by atoms with Crippen molar-refractivity contribution >= 4 is 0 Å². The Morgan fingerprint density at radius 1 is 1.19 bits per heavy atom. The molecule has 1 aromatic carbocycles. The molecule has 1 aromatic rings. The largest absolute Gasteiger partial charge is 0.311 e. The lowest BCUT2D eigenvalue weighted by Crippen LogP contribution is -2.50. The van der Waals surface area contributed by atoms with E-state index in [-0.39, 0.29) is 0 Å². The van der Waals surface area contributed by atoms with E-state index in [0.29, 0.717) is 12.1 Å². The zero-order valence-corrected chi connectivity index (χ0v) is 13.3. The second-order valence-electron chi connectivity index (χ2n) is 6.40. The molecule has 2 heteroatoms. The Hall–Kier alpha value is -1.12. The average Bonchev–Trinajstić information content (AvgIpc) is 2.89. The fraction of sp³-hybridized carbons (Fsp3) is 0.579. The summed E-state index contributed by atoms with van der Waals surface area (Å²) in [5.41, 5.74) is 1.44. The SMILES string of the molecule is CCN(CC)C(CNC1CC2CC=CC21)c1ccccc1. The molecule has 0 bridgehead atoms. The lowest BCUT2D eigenvalue weighted by atomic mass is 9.71. The molecule has 21 heavy (non-hydrogen) atoms. The summed E-state index contributed by atoms with van der Waals surface area (Å²) in [4.78, 5) is 2.56. The van der Waals surface area contributed by atoms with Crippen molar-refractivity contribution in [2.75, 3.05) is 19.6 Å². The molecule has 0 aliphatic heterocycles. The van der Waals surface area contributed by atoms with Crippen molar-refractivity contribution in [3.05, 3.63) is 48.0 Å². The van der Waals surface area contributed by atoms with Gasteiger partial charge < -0.3 is 5.32 Å². The van der Waals surface area contributed by atoms with Crippen molar-refractivity contribution in [2.45, 2.75) is 38.8 Å². The van der Waals surface area contributed by atoms with Gasteiger partial charge in [0.25, 0.3) is 0 Å². The molecule has 2 aliphatic rings. The zero-order chi connectivity index (χ0) is 14.7. The second-order valence-corrected chi connectivity index (χ2v) is 6.40. The molecule has 2 aliphatic carbocycles. The molecule has 0 heterocycles. The van der Waals surface area contributed by atoms with E-state index in [1.807, 2.05) is 0 Å². The van der Waals surface area contributed by atoms with Crippen molar-refractivity contribution in [1.82, 2.24) is 10.2 Å². The van der Waals surface area contributed by atoms with Crippen LogP contribution in [-0.4, -0.2) is 30.6 Å². The molecule has 1 saturated carbocycles. The van der Waals surface area contributed by atoms with Crippen LogP contribution in [0.15, 0.2) is 42.5 Å². The molecule has 0 radical (unpaired) electrons. The summed E-state index contributed by atoms with van der Waals surface area (Å²) in [6.45, 7) is 7.80. The number of hydrogen-bond acceptors (Lipinski definition) is 2. The highest BCUT2D eigenvalue weighted by atomic mass is 15.2. The van der Waals surface area contributed by atoms with Gasteiger partial charge in [0.05, 0.1) is 0 Å². The Bertz CT molecular complexity index is 464. The van der Waals surface area contributed by atoms with Gasteiger partial charge in [0.2, 0.25) is 0 Å². The molecule has 114 valence electrons. The molecule has 1 N–H and O–H groups in total. The van der Waals surface area contributed by atoms with E-state index in [1.165, 1.54) is 18.4 Å². The zero-order valence-electron chi connectivity index (χ0n) is 13.3. The lowest BCUT2D eigenvalue weighted by molar-refractivity contribution is 0.140. The van der Waals surface area contributed by atoms with E-state index in [9.17, 15) is 0 Å². The quantitative estimate of drug-likeness (QED) is 0.769. The fourth-order valence-corrected chi connectivity index (χ4v) is 4.01. The molecule has 0 saturated heterocycles. The number of fused-ring (bicyclic) bond motifs is 1. The topological polar surface area (TPSA) is 15.3 Å². The van der Waals surface area contributed by atoms with Gasteiger partial charge in [-0.25, -0.2) is 0 Å². The van der Waals surface area contributed by atoms with E-state index >= 15 is 0 Å². The van der Waals surface area contributed by atoms with Crippen LogP contribution >= 0.6 is 0 Å². The van der Waals surface area contributed by atoms with Crippen LogP contribution in [0.5, 0.6) is 0 Å². The van der Waals surface area contributed by atoms with Crippen molar-refractivity contribution in [3.63, 3.8) is 0 Å². The maximum atomic E-state index is 3.85.